The van der Waals surface area contributed by atoms with E-state index in [1.807, 2.05) is 0 Å². The third-order valence-electron chi connectivity index (χ3n) is 5.80. The molecule has 0 spiro atoms. The van der Waals surface area contributed by atoms with Crippen molar-refractivity contribution in [2.45, 2.75) is 37.1 Å². The molecule has 32 heavy (non-hydrogen) atoms. The van der Waals surface area contributed by atoms with Crippen molar-refractivity contribution in [3.63, 3.8) is 0 Å². The van der Waals surface area contributed by atoms with E-state index in [4.69, 9.17) is 11.6 Å². The Morgan fingerprint density at radius 3 is 2.66 bits per heavy atom. The first-order valence-corrected chi connectivity index (χ1v) is 10.3. The average molecular weight is 486 g/mol. The monoisotopic (exact) mass is 485 g/mol. The van der Waals surface area contributed by atoms with Crippen LogP contribution in [0.4, 0.5) is 8.78 Å². The van der Waals surface area contributed by atoms with Crippen molar-refractivity contribution in [3.8, 4) is 0 Å². The van der Waals surface area contributed by atoms with Gasteiger partial charge in [0.15, 0.2) is 0 Å². The summed E-state index contributed by atoms with van der Waals surface area (Å²) in [5, 5.41) is 10.3. The van der Waals surface area contributed by atoms with Gasteiger partial charge in [0.25, 0.3) is 5.92 Å². The first-order valence-electron chi connectivity index (χ1n) is 9.88. The summed E-state index contributed by atoms with van der Waals surface area (Å²) in [6.07, 6.45) is 2.41. The number of nitrogens with zero attached hydrogens (tertiary/aromatic N) is 4. The minimum absolute atomic E-state index is 0. The van der Waals surface area contributed by atoms with Crippen LogP contribution in [0.5, 0.6) is 0 Å². The van der Waals surface area contributed by atoms with Crippen molar-refractivity contribution in [1.82, 2.24) is 15.2 Å². The normalized spacial score (nSPS) is 22.5. The smallest absolute Gasteiger partial charge is 0.311 e. The van der Waals surface area contributed by atoms with Gasteiger partial charge in [0.05, 0.1) is 17.8 Å². The van der Waals surface area contributed by atoms with Crippen molar-refractivity contribution in [1.29, 1.82) is 0 Å². The maximum atomic E-state index is 13.6. The number of carbonyl (C=O) groups excluding carboxylic acids is 3. The first-order chi connectivity index (χ1) is 14.7. The predicted molar refractivity (Wildman–Crippen MR) is 116 cm³/mol. The molecular weight excluding hydrogens is 464 g/mol. The first kappa shape index (κ1) is 24.2. The maximum Gasteiger partial charge on any atom is 0.311 e. The molecule has 2 aliphatic heterocycles. The van der Waals surface area contributed by atoms with E-state index in [0.29, 0.717) is 6.42 Å². The molecule has 1 aliphatic carbocycles. The van der Waals surface area contributed by atoms with Crippen molar-refractivity contribution < 1.29 is 23.2 Å². The average Bonchev–Trinajstić information content (AvgIpc) is 3.38. The van der Waals surface area contributed by atoms with Gasteiger partial charge in [-0.05, 0) is 30.2 Å². The Kier molecular flexibility index (Phi) is 6.99. The number of nitrogens with one attached hydrogen (secondary N) is 1. The molecule has 1 aromatic heterocycles. The van der Waals surface area contributed by atoms with Gasteiger partial charge in [-0.2, -0.15) is 23.7 Å². The number of carbonyl (C=O) groups is 3. The number of likely N-dealkylation sites (tertiary alicyclic amines) is 1. The molecule has 2 amide bonds. The largest absolute Gasteiger partial charge is 0.336 e. The Morgan fingerprint density at radius 2 is 2.03 bits per heavy atom. The summed E-state index contributed by atoms with van der Waals surface area (Å²) in [5.74, 6) is -5.22. The van der Waals surface area contributed by atoms with E-state index in [1.165, 1.54) is 11.1 Å². The van der Waals surface area contributed by atoms with Crippen LogP contribution in [0.3, 0.4) is 0 Å². The van der Waals surface area contributed by atoms with Crippen molar-refractivity contribution >= 4 is 42.7 Å². The van der Waals surface area contributed by atoms with Crippen LogP contribution in [-0.2, 0) is 20.8 Å². The molecule has 1 N–H and O–H groups in total. The van der Waals surface area contributed by atoms with E-state index in [2.05, 4.69) is 20.5 Å². The third-order valence-corrected chi connectivity index (χ3v) is 6.01. The molecule has 4 rings (SSSR count). The van der Waals surface area contributed by atoms with Crippen LogP contribution in [0.15, 0.2) is 40.3 Å². The van der Waals surface area contributed by atoms with Gasteiger partial charge < -0.3 is 10.2 Å². The van der Waals surface area contributed by atoms with Gasteiger partial charge >= 0.3 is 11.8 Å². The lowest BCUT2D eigenvalue weighted by molar-refractivity contribution is -0.153. The molecule has 0 aromatic carbocycles. The second kappa shape index (κ2) is 9.22. The predicted octanol–water partition coefficient (Wildman–Crippen LogP) is 2.44. The highest BCUT2D eigenvalue weighted by atomic mass is 35.5. The molecule has 8 nitrogen and oxygen atoms in total. The van der Waals surface area contributed by atoms with Crippen LogP contribution >= 0.6 is 25.1 Å². The number of rotatable bonds is 5. The van der Waals surface area contributed by atoms with Gasteiger partial charge in [0, 0.05) is 44.5 Å². The van der Waals surface area contributed by atoms with Gasteiger partial charge in [0.1, 0.15) is 10.9 Å². The molecular formula is C20H22ClF2N5O3S. The van der Waals surface area contributed by atoms with Crippen molar-refractivity contribution in [2.24, 2.45) is 16.1 Å². The highest BCUT2D eigenvalue weighted by Gasteiger charge is 2.60. The number of hydrogen-bond acceptors (Lipinski definition) is 6. The summed E-state index contributed by atoms with van der Waals surface area (Å²) in [5.41, 5.74) is -0.407. The molecule has 2 fully saturated rings. The minimum atomic E-state index is -2.93. The van der Waals surface area contributed by atoms with E-state index < -0.39 is 42.0 Å². The van der Waals surface area contributed by atoms with Crippen LogP contribution < -0.4 is 5.32 Å². The van der Waals surface area contributed by atoms with Gasteiger partial charge in [0.2, 0.25) is 0 Å². The lowest BCUT2D eigenvalue weighted by atomic mass is 9.71. The molecule has 3 heterocycles. The van der Waals surface area contributed by atoms with Crippen LogP contribution in [0, 0.1) is 5.92 Å². The molecule has 1 saturated carbocycles. The van der Waals surface area contributed by atoms with E-state index in [0.717, 1.165) is 5.56 Å². The van der Waals surface area contributed by atoms with Crippen molar-refractivity contribution in [3.05, 3.63) is 40.8 Å². The Balaban J connectivity index is 0.00000289. The standard InChI is InChI=1S/C20H20ClF2N5O3.H2S/c21-16-8-12(1-4-24-16)7-14(29)13-3-6-28(9-13)18(31)17(30)26-19(10-20(22,23)11-19)15-2-5-25-27-15;/h1-2,4,8,13H,3,5-7,9-11H2,(H,26,30);1H2/t13-;/m0./s1. The Morgan fingerprint density at radius 1 is 1.28 bits per heavy atom. The number of pyridine rings is 1. The lowest BCUT2D eigenvalue weighted by Gasteiger charge is -2.47. The van der Waals surface area contributed by atoms with Crippen LogP contribution in [0.1, 0.15) is 24.8 Å². The SMILES string of the molecule is O=C(NC1(C2=CCN=N2)CC(F)(F)C1)C(=O)N1CC[C@H](C(=O)Cc2ccnc(Cl)c2)C1.S. The summed E-state index contributed by atoms with van der Waals surface area (Å²) >= 11 is 5.84. The van der Waals surface area contributed by atoms with Gasteiger partial charge in [-0.25, -0.2) is 13.8 Å². The summed E-state index contributed by atoms with van der Waals surface area (Å²) in [6.45, 7) is 0.603. The quantitative estimate of drug-likeness (QED) is 0.511. The molecule has 1 atom stereocenters. The summed E-state index contributed by atoms with van der Waals surface area (Å²) in [6, 6.07) is 3.30. The highest BCUT2D eigenvalue weighted by Crippen LogP contribution is 2.50. The fourth-order valence-corrected chi connectivity index (χ4v) is 4.46. The Bertz CT molecular complexity index is 995. The highest BCUT2D eigenvalue weighted by molar-refractivity contribution is 7.59. The van der Waals surface area contributed by atoms with E-state index in [9.17, 15) is 23.2 Å². The Hall–Kier alpha value is -2.40. The molecule has 12 heteroatoms. The van der Waals surface area contributed by atoms with Crippen LogP contribution in [-0.4, -0.2) is 58.6 Å². The number of azo groups is 1. The topological polar surface area (TPSA) is 104 Å². The second-order valence-corrected chi connectivity index (χ2v) is 8.51. The number of ketones is 1. The van der Waals surface area contributed by atoms with Crippen LogP contribution in [0.25, 0.3) is 0 Å². The molecule has 0 radical (unpaired) electrons. The maximum absolute atomic E-state index is 13.6. The van der Waals surface area contributed by atoms with E-state index >= 15 is 0 Å². The van der Waals surface area contributed by atoms with E-state index in [-0.39, 0.29) is 56.2 Å². The van der Waals surface area contributed by atoms with E-state index in [1.54, 1.807) is 18.2 Å². The van der Waals surface area contributed by atoms with Crippen LogP contribution in [0.2, 0.25) is 5.15 Å². The number of Topliss-reactive ketones (excluding diaryl/α,β-unsaturated/α-hetero) is 1. The minimum Gasteiger partial charge on any atom is -0.336 e. The molecule has 0 bridgehead atoms. The summed E-state index contributed by atoms with van der Waals surface area (Å²) < 4.78 is 27.2. The zero-order valence-electron chi connectivity index (χ0n) is 17.0. The molecule has 172 valence electrons. The molecule has 3 aliphatic rings. The lowest BCUT2D eigenvalue weighted by Crippen LogP contribution is -2.64. The zero-order chi connectivity index (χ0) is 22.2. The van der Waals surface area contributed by atoms with Gasteiger partial charge in [-0.3, -0.25) is 14.4 Å². The third kappa shape index (κ3) is 4.98. The molecule has 1 saturated heterocycles. The Labute approximate surface area is 194 Å². The molecule has 0 unspecified atom stereocenters. The van der Waals surface area contributed by atoms with Gasteiger partial charge in [-0.1, -0.05) is 11.6 Å². The fourth-order valence-electron chi connectivity index (χ4n) is 4.26. The number of halogens is 3. The number of alkyl halides is 2. The number of aromatic nitrogens is 1. The number of hydrogen-bond donors (Lipinski definition) is 1. The molecule has 1 aromatic rings. The number of amides is 2. The second-order valence-electron chi connectivity index (χ2n) is 8.13. The summed E-state index contributed by atoms with van der Waals surface area (Å²) in [4.78, 5) is 42.9. The fraction of sp³-hybridized carbons (Fsp3) is 0.500. The van der Waals surface area contributed by atoms with Crippen molar-refractivity contribution in [2.75, 3.05) is 19.6 Å². The zero-order valence-corrected chi connectivity index (χ0v) is 18.7. The van der Waals surface area contributed by atoms with Gasteiger partial charge in [-0.15, -0.1) is 0 Å². The summed E-state index contributed by atoms with van der Waals surface area (Å²) in [7, 11) is 0.